The molecule has 1 N–H and O–H groups in total. The number of aromatic nitrogens is 1. The molecule has 28 heavy (non-hydrogen) atoms. The molecule has 1 aromatic carbocycles. The van der Waals surface area contributed by atoms with E-state index in [-0.39, 0.29) is 24.2 Å². The summed E-state index contributed by atoms with van der Waals surface area (Å²) in [4.78, 5) is 28.3. The van der Waals surface area contributed by atoms with Crippen LogP contribution in [0.1, 0.15) is 54.1 Å². The topological polar surface area (TPSA) is 77.5 Å². The van der Waals surface area contributed by atoms with Gasteiger partial charge in [-0.3, -0.25) is 9.59 Å². The standard InChI is InChI=1S/C22H26N2O4/c1-15(25)17-7-8-20(27-2)18(12-17)13-21(26)24-14-16-9-10-23-22(11-16)28-19-5-3-4-6-19/h7-12,19H,3-6,13-14H2,1-2H3,(H,24,26). The number of carbonyl (C=O) groups excluding carboxylic acids is 2. The van der Waals surface area contributed by atoms with Crippen LogP contribution in [-0.4, -0.2) is 29.9 Å². The fraction of sp³-hybridized carbons (Fsp3) is 0.409. The van der Waals surface area contributed by atoms with E-state index in [1.54, 1.807) is 31.5 Å². The minimum Gasteiger partial charge on any atom is -0.496 e. The zero-order valence-corrected chi connectivity index (χ0v) is 16.4. The Kier molecular flexibility index (Phi) is 6.63. The van der Waals surface area contributed by atoms with Crippen LogP contribution in [0.4, 0.5) is 0 Å². The van der Waals surface area contributed by atoms with E-state index >= 15 is 0 Å². The Morgan fingerprint density at radius 3 is 2.68 bits per heavy atom. The molecule has 0 saturated heterocycles. The van der Waals surface area contributed by atoms with Crippen LogP contribution < -0.4 is 14.8 Å². The van der Waals surface area contributed by atoms with Crippen molar-refractivity contribution in [2.75, 3.05) is 7.11 Å². The van der Waals surface area contributed by atoms with Gasteiger partial charge in [0.15, 0.2) is 5.78 Å². The second-order valence-corrected chi connectivity index (χ2v) is 7.06. The Bertz CT molecular complexity index is 844. The number of hydrogen-bond acceptors (Lipinski definition) is 5. The minimum absolute atomic E-state index is 0.0455. The molecule has 2 aromatic rings. The molecule has 0 bridgehead atoms. The van der Waals surface area contributed by atoms with E-state index in [4.69, 9.17) is 9.47 Å². The number of ketones is 1. The lowest BCUT2D eigenvalue weighted by molar-refractivity contribution is -0.120. The zero-order valence-electron chi connectivity index (χ0n) is 16.4. The summed E-state index contributed by atoms with van der Waals surface area (Å²) in [6, 6.07) is 8.86. The van der Waals surface area contributed by atoms with Gasteiger partial charge in [0, 0.05) is 29.9 Å². The summed E-state index contributed by atoms with van der Waals surface area (Å²) in [5.74, 6) is 1.01. The van der Waals surface area contributed by atoms with Gasteiger partial charge >= 0.3 is 0 Å². The molecule has 148 valence electrons. The van der Waals surface area contributed by atoms with E-state index in [9.17, 15) is 9.59 Å². The molecule has 1 fully saturated rings. The van der Waals surface area contributed by atoms with Crippen molar-refractivity contribution in [3.8, 4) is 11.6 Å². The van der Waals surface area contributed by atoms with Crippen molar-refractivity contribution < 1.29 is 19.1 Å². The molecular formula is C22H26N2O4. The Labute approximate surface area is 165 Å². The third-order valence-corrected chi connectivity index (χ3v) is 4.92. The molecule has 0 radical (unpaired) electrons. The quantitative estimate of drug-likeness (QED) is 0.708. The molecule has 6 heteroatoms. The molecule has 1 aliphatic rings. The van der Waals surface area contributed by atoms with Crippen LogP contribution in [0.25, 0.3) is 0 Å². The van der Waals surface area contributed by atoms with Gasteiger partial charge in [-0.15, -0.1) is 0 Å². The highest BCUT2D eigenvalue weighted by Crippen LogP contribution is 2.23. The van der Waals surface area contributed by atoms with Crippen molar-refractivity contribution in [3.05, 3.63) is 53.2 Å². The summed E-state index contributed by atoms with van der Waals surface area (Å²) in [7, 11) is 1.55. The Morgan fingerprint density at radius 2 is 1.96 bits per heavy atom. The van der Waals surface area contributed by atoms with Gasteiger partial charge in [0.1, 0.15) is 11.9 Å². The first-order valence-corrected chi connectivity index (χ1v) is 9.61. The number of benzene rings is 1. The second kappa shape index (κ2) is 9.35. The maximum Gasteiger partial charge on any atom is 0.224 e. The Balaban J connectivity index is 1.58. The number of hydrogen-bond donors (Lipinski definition) is 1. The summed E-state index contributed by atoms with van der Waals surface area (Å²) in [6.45, 7) is 1.89. The van der Waals surface area contributed by atoms with E-state index in [1.807, 2.05) is 12.1 Å². The Hall–Kier alpha value is -2.89. The number of amides is 1. The van der Waals surface area contributed by atoms with Crippen molar-refractivity contribution in [2.24, 2.45) is 0 Å². The summed E-state index contributed by atoms with van der Waals surface area (Å²) < 4.78 is 11.2. The first-order valence-electron chi connectivity index (χ1n) is 9.61. The average Bonchev–Trinajstić information content (AvgIpc) is 3.19. The molecule has 0 unspecified atom stereocenters. The fourth-order valence-corrected chi connectivity index (χ4v) is 3.37. The van der Waals surface area contributed by atoms with Crippen LogP contribution in [0.3, 0.4) is 0 Å². The van der Waals surface area contributed by atoms with Crippen LogP contribution in [-0.2, 0) is 17.8 Å². The van der Waals surface area contributed by atoms with E-state index in [0.717, 1.165) is 18.4 Å². The number of methoxy groups -OCH3 is 1. The van der Waals surface area contributed by atoms with Crippen LogP contribution in [0.5, 0.6) is 11.6 Å². The van der Waals surface area contributed by atoms with Crippen molar-refractivity contribution in [2.45, 2.75) is 51.7 Å². The first kappa shape index (κ1) is 19.9. The summed E-state index contributed by atoms with van der Waals surface area (Å²) >= 11 is 0. The molecular weight excluding hydrogens is 356 g/mol. The third kappa shape index (κ3) is 5.31. The van der Waals surface area contributed by atoms with E-state index in [2.05, 4.69) is 10.3 Å². The zero-order chi connectivity index (χ0) is 19.9. The predicted molar refractivity (Wildman–Crippen MR) is 106 cm³/mol. The molecule has 1 heterocycles. The van der Waals surface area contributed by atoms with Crippen LogP contribution in [0, 0.1) is 0 Å². The van der Waals surface area contributed by atoms with Crippen LogP contribution in [0.15, 0.2) is 36.5 Å². The van der Waals surface area contributed by atoms with Gasteiger partial charge < -0.3 is 14.8 Å². The molecule has 3 rings (SSSR count). The van der Waals surface area contributed by atoms with Gasteiger partial charge in [-0.2, -0.15) is 0 Å². The third-order valence-electron chi connectivity index (χ3n) is 4.92. The number of nitrogens with zero attached hydrogens (tertiary/aromatic N) is 1. The largest absolute Gasteiger partial charge is 0.496 e. The normalized spacial score (nSPS) is 13.9. The highest BCUT2D eigenvalue weighted by Gasteiger charge is 2.17. The summed E-state index contributed by atoms with van der Waals surface area (Å²) in [5.41, 5.74) is 2.18. The highest BCUT2D eigenvalue weighted by atomic mass is 16.5. The maximum atomic E-state index is 12.4. The van der Waals surface area contributed by atoms with Gasteiger partial charge in [-0.05, 0) is 62.4 Å². The van der Waals surface area contributed by atoms with Crippen LogP contribution in [0.2, 0.25) is 0 Å². The van der Waals surface area contributed by atoms with Crippen LogP contribution >= 0.6 is 0 Å². The summed E-state index contributed by atoms with van der Waals surface area (Å²) in [5, 5.41) is 2.91. The lowest BCUT2D eigenvalue weighted by atomic mass is 10.0. The molecule has 1 aliphatic carbocycles. The predicted octanol–water partition coefficient (Wildman–Crippen LogP) is 3.47. The van der Waals surface area contributed by atoms with Crippen molar-refractivity contribution in [1.82, 2.24) is 10.3 Å². The van der Waals surface area contributed by atoms with Gasteiger partial charge in [-0.1, -0.05) is 0 Å². The van der Waals surface area contributed by atoms with E-state index in [1.165, 1.54) is 19.8 Å². The smallest absolute Gasteiger partial charge is 0.224 e. The lowest BCUT2D eigenvalue weighted by Gasteiger charge is -2.13. The SMILES string of the molecule is COc1ccc(C(C)=O)cc1CC(=O)NCc1ccnc(OC2CCCC2)c1. The molecule has 1 saturated carbocycles. The van der Waals surface area contributed by atoms with Gasteiger partial charge in [0.05, 0.1) is 13.5 Å². The molecule has 0 spiro atoms. The number of Topliss-reactive ketones (excluding diaryl/α,β-unsaturated/α-hetero) is 1. The number of ether oxygens (including phenoxy) is 2. The number of rotatable bonds is 8. The molecule has 1 amide bonds. The monoisotopic (exact) mass is 382 g/mol. The molecule has 1 aromatic heterocycles. The first-order chi connectivity index (χ1) is 13.5. The highest BCUT2D eigenvalue weighted by molar-refractivity contribution is 5.94. The molecule has 0 aliphatic heterocycles. The van der Waals surface area contributed by atoms with Gasteiger partial charge in [0.2, 0.25) is 11.8 Å². The van der Waals surface area contributed by atoms with E-state index < -0.39 is 0 Å². The Morgan fingerprint density at radius 1 is 1.18 bits per heavy atom. The summed E-state index contributed by atoms with van der Waals surface area (Å²) in [6.07, 6.45) is 6.64. The molecule has 0 atom stereocenters. The number of pyridine rings is 1. The minimum atomic E-state index is -0.144. The number of carbonyl (C=O) groups is 2. The fourth-order valence-electron chi connectivity index (χ4n) is 3.37. The van der Waals surface area contributed by atoms with E-state index in [0.29, 0.717) is 29.3 Å². The number of nitrogens with one attached hydrogen (secondary N) is 1. The lowest BCUT2D eigenvalue weighted by Crippen LogP contribution is -2.25. The second-order valence-electron chi connectivity index (χ2n) is 7.06. The average molecular weight is 382 g/mol. The molecule has 6 nitrogen and oxygen atoms in total. The van der Waals surface area contributed by atoms with Crippen molar-refractivity contribution >= 4 is 11.7 Å². The van der Waals surface area contributed by atoms with Gasteiger partial charge in [-0.25, -0.2) is 4.98 Å². The maximum absolute atomic E-state index is 12.4. The van der Waals surface area contributed by atoms with Crippen molar-refractivity contribution in [1.29, 1.82) is 0 Å². The van der Waals surface area contributed by atoms with Crippen molar-refractivity contribution in [3.63, 3.8) is 0 Å². The van der Waals surface area contributed by atoms with Gasteiger partial charge in [0.25, 0.3) is 0 Å².